The second-order valence-electron chi connectivity index (χ2n) is 5.94. The number of anilines is 1. The average Bonchev–Trinajstić information content (AvgIpc) is 2.42. The summed E-state index contributed by atoms with van der Waals surface area (Å²) in [4.78, 5) is 8.90. The highest BCUT2D eigenvalue weighted by molar-refractivity contribution is 5.42. The van der Waals surface area contributed by atoms with Crippen LogP contribution in [0.25, 0.3) is 0 Å². The molecule has 106 valence electrons. The Balaban J connectivity index is 2.01. The van der Waals surface area contributed by atoms with Crippen LogP contribution in [0.1, 0.15) is 37.2 Å². The molecule has 0 fully saturated rings. The van der Waals surface area contributed by atoms with Gasteiger partial charge in [-0.15, -0.1) is 0 Å². The highest BCUT2D eigenvalue weighted by atomic mass is 15.1. The van der Waals surface area contributed by atoms with Gasteiger partial charge in [0.25, 0.3) is 0 Å². The van der Waals surface area contributed by atoms with Gasteiger partial charge in [0.05, 0.1) is 11.4 Å². The molecule has 2 aromatic rings. The van der Waals surface area contributed by atoms with Crippen molar-refractivity contribution in [3.05, 3.63) is 53.5 Å². The first kappa shape index (κ1) is 14.5. The van der Waals surface area contributed by atoms with Gasteiger partial charge in [-0.05, 0) is 46.1 Å². The normalized spacial score (nSPS) is 11.4. The van der Waals surface area contributed by atoms with Crippen LogP contribution in [-0.4, -0.2) is 15.5 Å². The maximum absolute atomic E-state index is 4.54. The molecule has 1 aromatic heterocycles. The molecule has 0 bridgehead atoms. The number of hydrogen-bond donors (Lipinski definition) is 1. The topological polar surface area (TPSA) is 37.8 Å². The van der Waals surface area contributed by atoms with Crippen LogP contribution < -0.4 is 5.32 Å². The van der Waals surface area contributed by atoms with Crippen molar-refractivity contribution in [1.29, 1.82) is 0 Å². The molecule has 3 heteroatoms. The van der Waals surface area contributed by atoms with Crippen LogP contribution in [-0.2, 0) is 6.42 Å². The van der Waals surface area contributed by atoms with Crippen molar-refractivity contribution in [3.8, 4) is 0 Å². The first-order valence-corrected chi connectivity index (χ1v) is 7.09. The minimum atomic E-state index is -0.0108. The Kier molecular flexibility index (Phi) is 4.38. The van der Waals surface area contributed by atoms with E-state index in [-0.39, 0.29) is 5.54 Å². The maximum Gasteiger partial charge on any atom is 0.148 e. The van der Waals surface area contributed by atoms with Crippen LogP contribution in [0.15, 0.2) is 36.5 Å². The predicted molar refractivity (Wildman–Crippen MR) is 84.0 cm³/mol. The van der Waals surface area contributed by atoms with Gasteiger partial charge in [-0.2, -0.15) is 0 Å². The first-order chi connectivity index (χ1) is 9.46. The summed E-state index contributed by atoms with van der Waals surface area (Å²) >= 11 is 0. The van der Waals surface area contributed by atoms with Crippen molar-refractivity contribution in [2.45, 2.75) is 46.1 Å². The lowest BCUT2D eigenvalue weighted by molar-refractivity contribution is 0.515. The van der Waals surface area contributed by atoms with E-state index < -0.39 is 0 Å². The molecule has 0 unspecified atom stereocenters. The van der Waals surface area contributed by atoms with E-state index in [1.165, 1.54) is 5.56 Å². The highest BCUT2D eigenvalue weighted by Crippen LogP contribution is 2.20. The van der Waals surface area contributed by atoms with Crippen LogP contribution in [0.5, 0.6) is 0 Å². The number of hydrogen-bond acceptors (Lipinski definition) is 3. The second kappa shape index (κ2) is 6.04. The molecule has 0 atom stereocenters. The minimum absolute atomic E-state index is 0.0108. The van der Waals surface area contributed by atoms with E-state index in [2.05, 4.69) is 59.5 Å². The third-order valence-electron chi connectivity index (χ3n) is 3.41. The van der Waals surface area contributed by atoms with Gasteiger partial charge in [0.1, 0.15) is 5.82 Å². The van der Waals surface area contributed by atoms with Gasteiger partial charge in [0.15, 0.2) is 0 Å². The Morgan fingerprint density at radius 2 is 1.80 bits per heavy atom. The smallest absolute Gasteiger partial charge is 0.148 e. The van der Waals surface area contributed by atoms with Crippen LogP contribution in [0.2, 0.25) is 0 Å². The lowest BCUT2D eigenvalue weighted by Crippen LogP contribution is -2.32. The van der Waals surface area contributed by atoms with E-state index in [1.54, 1.807) is 6.20 Å². The summed E-state index contributed by atoms with van der Waals surface area (Å²) in [6, 6.07) is 10.6. The molecular formula is C17H23N3. The fraction of sp³-hybridized carbons (Fsp3) is 0.412. The summed E-state index contributed by atoms with van der Waals surface area (Å²) in [6.45, 7) is 8.37. The monoisotopic (exact) mass is 269 g/mol. The van der Waals surface area contributed by atoms with Crippen molar-refractivity contribution in [1.82, 2.24) is 9.97 Å². The summed E-state index contributed by atoms with van der Waals surface area (Å²) in [6.07, 6.45) is 3.91. The molecule has 2 rings (SSSR count). The molecule has 0 aliphatic carbocycles. The molecule has 1 N–H and O–H groups in total. The highest BCUT2D eigenvalue weighted by Gasteiger charge is 2.19. The quantitative estimate of drug-likeness (QED) is 0.894. The number of aryl methyl sites for hydroxylation is 3. The Labute approximate surface area is 121 Å². The van der Waals surface area contributed by atoms with Crippen molar-refractivity contribution < 1.29 is 0 Å². The zero-order valence-electron chi connectivity index (χ0n) is 12.8. The van der Waals surface area contributed by atoms with Gasteiger partial charge >= 0.3 is 0 Å². The lowest BCUT2D eigenvalue weighted by atomic mass is 9.95. The fourth-order valence-electron chi connectivity index (χ4n) is 2.14. The van der Waals surface area contributed by atoms with Crippen LogP contribution in [0, 0.1) is 13.8 Å². The molecule has 0 radical (unpaired) electrons. The largest absolute Gasteiger partial charge is 0.364 e. The summed E-state index contributed by atoms with van der Waals surface area (Å²) in [5.74, 6) is 0.892. The third kappa shape index (κ3) is 4.05. The molecule has 0 saturated carbocycles. The second-order valence-corrected chi connectivity index (χ2v) is 5.94. The van der Waals surface area contributed by atoms with Gasteiger partial charge in [-0.1, -0.05) is 30.3 Å². The van der Waals surface area contributed by atoms with E-state index in [0.717, 1.165) is 30.0 Å². The SMILES string of the molecule is Cc1cnc(C)c(NC(C)(C)CCc2ccccc2)n1. The van der Waals surface area contributed by atoms with Gasteiger partial charge in [-0.3, -0.25) is 4.98 Å². The van der Waals surface area contributed by atoms with Crippen molar-refractivity contribution in [2.24, 2.45) is 0 Å². The van der Waals surface area contributed by atoms with Crippen LogP contribution >= 0.6 is 0 Å². The molecule has 0 spiro atoms. The Morgan fingerprint density at radius 3 is 2.50 bits per heavy atom. The average molecular weight is 269 g/mol. The number of nitrogens with one attached hydrogen (secondary N) is 1. The molecule has 1 heterocycles. The van der Waals surface area contributed by atoms with Crippen LogP contribution in [0.4, 0.5) is 5.82 Å². The molecule has 1 aromatic carbocycles. The lowest BCUT2D eigenvalue weighted by Gasteiger charge is -2.27. The van der Waals surface area contributed by atoms with Crippen LogP contribution in [0.3, 0.4) is 0 Å². The van der Waals surface area contributed by atoms with Gasteiger partial charge in [0, 0.05) is 11.7 Å². The molecule has 0 amide bonds. The zero-order valence-corrected chi connectivity index (χ0v) is 12.8. The third-order valence-corrected chi connectivity index (χ3v) is 3.41. The van der Waals surface area contributed by atoms with Gasteiger partial charge < -0.3 is 5.32 Å². The molecular weight excluding hydrogens is 246 g/mol. The van der Waals surface area contributed by atoms with E-state index in [9.17, 15) is 0 Å². The summed E-state index contributed by atoms with van der Waals surface area (Å²) < 4.78 is 0. The maximum atomic E-state index is 4.54. The molecule has 20 heavy (non-hydrogen) atoms. The summed E-state index contributed by atoms with van der Waals surface area (Å²) in [5.41, 5.74) is 3.25. The fourth-order valence-corrected chi connectivity index (χ4v) is 2.14. The first-order valence-electron chi connectivity index (χ1n) is 7.09. The Bertz CT molecular complexity index is 562. The van der Waals surface area contributed by atoms with Crippen molar-refractivity contribution in [3.63, 3.8) is 0 Å². The summed E-state index contributed by atoms with van der Waals surface area (Å²) in [7, 11) is 0. The standard InChI is InChI=1S/C17H23N3/c1-13-12-18-14(2)16(19-13)20-17(3,4)11-10-15-8-6-5-7-9-15/h5-9,12H,10-11H2,1-4H3,(H,19,20). The number of aromatic nitrogens is 2. The zero-order chi connectivity index (χ0) is 14.6. The Hall–Kier alpha value is -1.90. The molecule has 0 aliphatic rings. The predicted octanol–water partition coefficient (Wildman–Crippen LogP) is 3.92. The molecule has 0 saturated heterocycles. The number of rotatable bonds is 5. The van der Waals surface area contributed by atoms with Crippen molar-refractivity contribution in [2.75, 3.05) is 5.32 Å². The molecule has 0 aliphatic heterocycles. The number of benzene rings is 1. The Morgan fingerprint density at radius 1 is 1.10 bits per heavy atom. The van der Waals surface area contributed by atoms with Gasteiger partial charge in [-0.25, -0.2) is 4.98 Å². The molecule has 3 nitrogen and oxygen atoms in total. The van der Waals surface area contributed by atoms with E-state index >= 15 is 0 Å². The van der Waals surface area contributed by atoms with Gasteiger partial charge in [0.2, 0.25) is 0 Å². The summed E-state index contributed by atoms with van der Waals surface area (Å²) in [5, 5.41) is 3.52. The van der Waals surface area contributed by atoms with E-state index in [1.807, 2.05) is 13.8 Å². The van der Waals surface area contributed by atoms with E-state index in [4.69, 9.17) is 0 Å². The van der Waals surface area contributed by atoms with E-state index in [0.29, 0.717) is 0 Å². The van der Waals surface area contributed by atoms with Crippen molar-refractivity contribution >= 4 is 5.82 Å². The number of nitrogens with zero attached hydrogens (tertiary/aromatic N) is 2. The minimum Gasteiger partial charge on any atom is -0.364 e.